The van der Waals surface area contributed by atoms with Gasteiger partial charge in [-0.2, -0.15) is 5.26 Å². The first-order valence-electron chi connectivity index (χ1n) is 20.7. The molecule has 1 aliphatic carbocycles. The van der Waals surface area contributed by atoms with Crippen molar-refractivity contribution in [3.63, 3.8) is 0 Å². The largest absolute Gasteiger partial charge is 0.455 e. The van der Waals surface area contributed by atoms with Crippen LogP contribution in [0.4, 0.5) is 11.4 Å². The van der Waals surface area contributed by atoms with E-state index in [0.29, 0.717) is 0 Å². The molecular formula is C56H40N4O. The van der Waals surface area contributed by atoms with Gasteiger partial charge >= 0.3 is 0 Å². The Morgan fingerprint density at radius 1 is 0.656 bits per heavy atom. The lowest BCUT2D eigenvalue weighted by Crippen LogP contribution is -2.14. The Kier molecular flexibility index (Phi) is 8.47. The third-order valence-electron chi connectivity index (χ3n) is 12.1. The van der Waals surface area contributed by atoms with Crippen molar-refractivity contribution in [2.24, 2.45) is 5.92 Å². The maximum atomic E-state index is 10.9. The Hall–Kier alpha value is -8.07. The van der Waals surface area contributed by atoms with Crippen LogP contribution in [-0.2, 0) is 0 Å². The van der Waals surface area contributed by atoms with E-state index in [1.54, 1.807) is 0 Å². The monoisotopic (exact) mass is 784 g/mol. The summed E-state index contributed by atoms with van der Waals surface area (Å²) in [5, 5.41) is 19.9. The molecule has 1 unspecified atom stereocenters. The van der Waals surface area contributed by atoms with Gasteiger partial charge in [-0.1, -0.05) is 110 Å². The van der Waals surface area contributed by atoms with Gasteiger partial charge in [0.05, 0.1) is 39.4 Å². The molecule has 7 aromatic carbocycles. The van der Waals surface area contributed by atoms with Crippen molar-refractivity contribution in [1.82, 2.24) is 9.13 Å². The number of fused-ring (bicyclic) bond motifs is 12. The Morgan fingerprint density at radius 3 is 2.20 bits per heavy atom. The van der Waals surface area contributed by atoms with Crippen molar-refractivity contribution in [3.05, 3.63) is 206 Å². The molecule has 5 heteroatoms. The third kappa shape index (κ3) is 5.68. The summed E-state index contributed by atoms with van der Waals surface area (Å²) in [7, 11) is 0. The van der Waals surface area contributed by atoms with E-state index in [1.165, 1.54) is 21.5 Å². The van der Waals surface area contributed by atoms with Gasteiger partial charge in [-0.25, -0.2) is 0 Å². The van der Waals surface area contributed by atoms with E-state index in [9.17, 15) is 5.26 Å². The van der Waals surface area contributed by atoms with Crippen LogP contribution in [0.1, 0.15) is 13.8 Å². The number of nitriles is 1. The van der Waals surface area contributed by atoms with Crippen molar-refractivity contribution in [2.75, 3.05) is 4.90 Å². The number of hydrogen-bond acceptors (Lipinski definition) is 3. The van der Waals surface area contributed by atoms with Gasteiger partial charge in [0.15, 0.2) is 0 Å². The van der Waals surface area contributed by atoms with Crippen LogP contribution in [0.15, 0.2) is 210 Å². The molecule has 0 saturated heterocycles. The van der Waals surface area contributed by atoms with Crippen molar-refractivity contribution < 1.29 is 4.42 Å². The minimum absolute atomic E-state index is 0.516. The molecule has 3 heterocycles. The van der Waals surface area contributed by atoms with Gasteiger partial charge in [-0.05, 0) is 115 Å². The Labute approximate surface area is 353 Å². The minimum atomic E-state index is -0.516. The average Bonchev–Trinajstić information content (AvgIpc) is 3.92. The number of nitrogens with zero attached hydrogens (tertiary/aromatic N) is 4. The van der Waals surface area contributed by atoms with Gasteiger partial charge < -0.3 is 18.5 Å². The predicted molar refractivity (Wildman–Crippen MR) is 257 cm³/mol. The molecule has 0 spiro atoms. The Balaban J connectivity index is 1.16. The van der Waals surface area contributed by atoms with Gasteiger partial charge in [0, 0.05) is 55.4 Å². The van der Waals surface area contributed by atoms with Crippen LogP contribution in [0.5, 0.6) is 0 Å². The fourth-order valence-corrected chi connectivity index (χ4v) is 9.44. The quantitative estimate of drug-likeness (QED) is 0.151. The number of furan rings is 1. The standard InChI is InChI=1S/C56H40N4O/c1-4-5-7-16-37(3)58(40-18-8-6-9-19-40)41-26-29-49-47(34-41)55-51(30-27-45-44-21-13-15-24-53(44)61-56(45)55)60(49)52-33-38(35-57)32-42(31-36(52)2)59-48-23-14-12-22-46(48)54-43-20-11-10-17-39(43)25-28-50(54)59/h4-34,38H,3H2,1-2H3/b5-4-,16-7-. The third-order valence-corrected chi connectivity index (χ3v) is 12.1. The maximum absolute atomic E-state index is 10.9. The molecule has 11 rings (SSSR count). The zero-order valence-corrected chi connectivity index (χ0v) is 33.9. The molecule has 0 bridgehead atoms. The van der Waals surface area contributed by atoms with E-state index < -0.39 is 5.92 Å². The normalized spacial score (nSPS) is 14.8. The summed E-state index contributed by atoms with van der Waals surface area (Å²) in [6.07, 6.45) is 14.5. The second-order valence-electron chi connectivity index (χ2n) is 15.7. The van der Waals surface area contributed by atoms with E-state index in [1.807, 2.05) is 49.4 Å². The van der Waals surface area contributed by atoms with Crippen molar-refractivity contribution in [1.29, 1.82) is 5.26 Å². The molecule has 1 aliphatic rings. The number of hydrogen-bond donors (Lipinski definition) is 0. The highest BCUT2D eigenvalue weighted by molar-refractivity contribution is 6.25. The smallest absolute Gasteiger partial charge is 0.145 e. The number of benzene rings is 7. The first-order chi connectivity index (χ1) is 30.0. The molecule has 0 N–H and O–H groups in total. The summed E-state index contributed by atoms with van der Waals surface area (Å²) in [5.74, 6) is -0.516. The number of rotatable bonds is 7. The predicted octanol–water partition coefficient (Wildman–Crippen LogP) is 15.2. The van der Waals surface area contributed by atoms with Crippen LogP contribution in [0.25, 0.3) is 87.7 Å². The summed E-state index contributed by atoms with van der Waals surface area (Å²) in [5.41, 5.74) is 11.7. The highest BCUT2D eigenvalue weighted by Crippen LogP contribution is 2.45. The van der Waals surface area contributed by atoms with E-state index in [4.69, 9.17) is 4.42 Å². The second-order valence-corrected chi connectivity index (χ2v) is 15.7. The number of aromatic nitrogens is 2. The first-order valence-corrected chi connectivity index (χ1v) is 20.7. The van der Waals surface area contributed by atoms with E-state index >= 15 is 0 Å². The second kappa shape index (κ2) is 14.3. The van der Waals surface area contributed by atoms with Crippen LogP contribution in [0, 0.1) is 17.2 Å². The highest BCUT2D eigenvalue weighted by Gasteiger charge is 2.25. The molecule has 0 radical (unpaired) electrons. The zero-order chi connectivity index (χ0) is 41.2. The van der Waals surface area contributed by atoms with E-state index in [-0.39, 0.29) is 0 Å². The van der Waals surface area contributed by atoms with Crippen molar-refractivity contribution in [2.45, 2.75) is 13.8 Å². The zero-order valence-electron chi connectivity index (χ0n) is 33.9. The van der Waals surface area contributed by atoms with Crippen molar-refractivity contribution >= 4 is 99.1 Å². The van der Waals surface area contributed by atoms with Crippen LogP contribution in [-0.4, -0.2) is 9.13 Å². The van der Waals surface area contributed by atoms with Crippen LogP contribution in [0.3, 0.4) is 0 Å². The molecule has 3 aromatic heterocycles. The first kappa shape index (κ1) is 36.0. The number of allylic oxidation sites excluding steroid dienone is 10. The summed E-state index contributed by atoms with van der Waals surface area (Å²) in [6.45, 7) is 8.69. The fraction of sp³-hybridized carbons (Fsp3) is 0.0536. The molecule has 1 atom stereocenters. The molecule has 290 valence electrons. The number of para-hydroxylation sites is 3. The van der Waals surface area contributed by atoms with Gasteiger partial charge in [0.25, 0.3) is 0 Å². The summed E-state index contributed by atoms with van der Waals surface area (Å²) in [4.78, 5) is 2.19. The van der Waals surface area contributed by atoms with Crippen LogP contribution in [0.2, 0.25) is 0 Å². The van der Waals surface area contributed by atoms with Crippen LogP contribution < -0.4 is 4.90 Å². The summed E-state index contributed by atoms with van der Waals surface area (Å²) < 4.78 is 11.4. The lowest BCUT2D eigenvalue weighted by molar-refractivity contribution is 0.673. The van der Waals surface area contributed by atoms with Gasteiger partial charge in [0.1, 0.15) is 11.2 Å². The lowest BCUT2D eigenvalue weighted by atomic mass is 10.0. The molecule has 10 aromatic rings. The highest BCUT2D eigenvalue weighted by atomic mass is 16.3. The fourth-order valence-electron chi connectivity index (χ4n) is 9.44. The Morgan fingerprint density at radius 2 is 1.36 bits per heavy atom. The van der Waals surface area contributed by atoms with Gasteiger partial charge in [0.2, 0.25) is 0 Å². The van der Waals surface area contributed by atoms with Gasteiger partial charge in [-0.3, -0.25) is 0 Å². The van der Waals surface area contributed by atoms with E-state index in [0.717, 1.165) is 88.8 Å². The van der Waals surface area contributed by atoms with Crippen LogP contribution >= 0.6 is 0 Å². The molecule has 61 heavy (non-hydrogen) atoms. The van der Waals surface area contributed by atoms with E-state index in [2.05, 4.69) is 179 Å². The molecule has 0 aliphatic heterocycles. The molecule has 0 saturated carbocycles. The molecule has 0 fully saturated rings. The molecule has 0 amide bonds. The molecular weight excluding hydrogens is 745 g/mol. The van der Waals surface area contributed by atoms with Crippen molar-refractivity contribution in [3.8, 4) is 6.07 Å². The number of anilines is 2. The molecule has 5 nitrogen and oxygen atoms in total. The minimum Gasteiger partial charge on any atom is -0.455 e. The van der Waals surface area contributed by atoms with Gasteiger partial charge in [-0.15, -0.1) is 0 Å². The maximum Gasteiger partial charge on any atom is 0.145 e. The Bertz CT molecular complexity index is 3650. The SMILES string of the molecule is C=C(/C=C\C=C/C)N(c1ccccc1)c1ccc2c(c1)c1c3oc4ccccc4c3ccc1n2C1=CC(C#N)C=C(n2c3ccccc3c3c4ccccc4ccc32)C=C1C. The lowest BCUT2D eigenvalue weighted by Gasteiger charge is -2.25. The summed E-state index contributed by atoms with van der Waals surface area (Å²) >= 11 is 0. The topological polar surface area (TPSA) is 50.0 Å². The summed E-state index contributed by atoms with van der Waals surface area (Å²) in [6, 6.07) is 53.8. The average molecular weight is 785 g/mol.